The van der Waals surface area contributed by atoms with Crippen molar-refractivity contribution in [2.75, 3.05) is 19.3 Å². The molecule has 0 aromatic heterocycles. The quantitative estimate of drug-likeness (QED) is 0.571. The fourth-order valence-electron chi connectivity index (χ4n) is 2.26. The third kappa shape index (κ3) is 7.86. The summed E-state index contributed by atoms with van der Waals surface area (Å²) in [5.41, 5.74) is 0.265. The van der Waals surface area contributed by atoms with Crippen LogP contribution in [0.4, 0.5) is 4.39 Å². The molecule has 1 atom stereocenters. The molecule has 1 rings (SSSR count). The molecule has 0 bridgehead atoms. The van der Waals surface area contributed by atoms with E-state index in [4.69, 9.17) is 0 Å². The number of nitrogens with zero attached hydrogens (tertiary/aromatic N) is 1. The van der Waals surface area contributed by atoms with E-state index >= 15 is 0 Å². The molecule has 0 amide bonds. The van der Waals surface area contributed by atoms with E-state index < -0.39 is 15.7 Å². The molecule has 0 fully saturated rings. The van der Waals surface area contributed by atoms with Gasteiger partial charge in [0, 0.05) is 19.6 Å². The van der Waals surface area contributed by atoms with Gasteiger partial charge in [-0.3, -0.25) is 4.99 Å². The maximum absolute atomic E-state index is 13.7. The fraction of sp³-hybridized carbons (Fsp3) is 0.611. The molecular formula is C18H30FN3O2S. The van der Waals surface area contributed by atoms with Gasteiger partial charge in [-0.2, -0.15) is 0 Å². The van der Waals surface area contributed by atoms with Gasteiger partial charge in [-0.05, 0) is 37.3 Å². The van der Waals surface area contributed by atoms with Crippen LogP contribution in [-0.2, 0) is 9.84 Å². The van der Waals surface area contributed by atoms with E-state index in [1.165, 1.54) is 18.2 Å². The molecule has 1 aromatic rings. The summed E-state index contributed by atoms with van der Waals surface area (Å²) in [6, 6.07) is 5.64. The summed E-state index contributed by atoms with van der Waals surface area (Å²) >= 11 is 0. The Morgan fingerprint density at radius 1 is 1.28 bits per heavy atom. The Morgan fingerprint density at radius 2 is 1.92 bits per heavy atom. The van der Waals surface area contributed by atoms with Gasteiger partial charge in [0.1, 0.15) is 10.7 Å². The fourth-order valence-corrected chi connectivity index (χ4v) is 3.50. The second kappa shape index (κ2) is 9.17. The lowest BCUT2D eigenvalue weighted by Crippen LogP contribution is -2.44. The highest BCUT2D eigenvalue weighted by Crippen LogP contribution is 2.21. The first-order valence-electron chi connectivity index (χ1n) is 8.49. The van der Waals surface area contributed by atoms with Crippen LogP contribution in [0.25, 0.3) is 0 Å². The van der Waals surface area contributed by atoms with Crippen LogP contribution in [-0.4, -0.2) is 39.8 Å². The molecule has 7 heteroatoms. The van der Waals surface area contributed by atoms with Crippen LogP contribution in [0.15, 0.2) is 34.2 Å². The van der Waals surface area contributed by atoms with Crippen LogP contribution in [0.3, 0.4) is 0 Å². The Hall–Kier alpha value is -1.63. The Labute approximate surface area is 151 Å². The average molecular weight is 372 g/mol. The molecule has 0 aliphatic heterocycles. The number of aliphatic imine (C=N–C) groups is 1. The van der Waals surface area contributed by atoms with Gasteiger partial charge in [-0.15, -0.1) is 0 Å². The number of rotatable bonds is 7. The lowest BCUT2D eigenvalue weighted by Gasteiger charge is -2.23. The molecule has 0 radical (unpaired) electrons. The predicted molar refractivity (Wildman–Crippen MR) is 101 cm³/mol. The van der Waals surface area contributed by atoms with E-state index in [2.05, 4.69) is 43.3 Å². The molecular weight excluding hydrogens is 341 g/mol. The number of sulfone groups is 1. The van der Waals surface area contributed by atoms with Gasteiger partial charge in [0.15, 0.2) is 15.8 Å². The van der Waals surface area contributed by atoms with E-state index in [1.54, 1.807) is 7.05 Å². The van der Waals surface area contributed by atoms with Crippen molar-refractivity contribution in [2.24, 2.45) is 10.4 Å². The van der Waals surface area contributed by atoms with Gasteiger partial charge >= 0.3 is 0 Å². The van der Waals surface area contributed by atoms with Crippen molar-refractivity contribution in [2.45, 2.75) is 51.5 Å². The molecule has 0 spiro atoms. The Kier molecular flexibility index (Phi) is 7.86. The zero-order chi connectivity index (χ0) is 19.1. The highest BCUT2D eigenvalue weighted by Gasteiger charge is 2.19. The zero-order valence-electron chi connectivity index (χ0n) is 15.8. The first-order valence-corrected chi connectivity index (χ1v) is 10.1. The summed E-state index contributed by atoms with van der Waals surface area (Å²) in [6.45, 7) is 8.80. The molecule has 0 heterocycles. The van der Waals surface area contributed by atoms with Gasteiger partial charge in [0.05, 0.1) is 5.75 Å². The second-order valence-electron chi connectivity index (χ2n) is 7.39. The molecule has 0 saturated carbocycles. The predicted octanol–water partition coefficient (Wildman–Crippen LogP) is 2.98. The highest BCUT2D eigenvalue weighted by atomic mass is 32.2. The van der Waals surface area contributed by atoms with Crippen molar-refractivity contribution >= 4 is 15.8 Å². The maximum Gasteiger partial charge on any atom is 0.191 e. The van der Waals surface area contributed by atoms with Gasteiger partial charge in [-0.1, -0.05) is 32.9 Å². The number of benzene rings is 1. The van der Waals surface area contributed by atoms with Crippen LogP contribution in [0, 0.1) is 11.2 Å². The number of hydrogen-bond donors (Lipinski definition) is 2. The summed E-state index contributed by atoms with van der Waals surface area (Å²) in [4.78, 5) is 3.84. The third-order valence-electron chi connectivity index (χ3n) is 3.77. The molecule has 0 aliphatic carbocycles. The summed E-state index contributed by atoms with van der Waals surface area (Å²) < 4.78 is 38.1. The minimum Gasteiger partial charge on any atom is -0.355 e. The molecule has 2 N–H and O–H groups in total. The second-order valence-corrected chi connectivity index (χ2v) is 9.47. The SMILES string of the molecule is CN=C(NCCS(=O)(=O)c1ccccc1F)NC(C)CCC(C)(C)C. The van der Waals surface area contributed by atoms with Crippen molar-refractivity contribution in [3.8, 4) is 0 Å². The van der Waals surface area contributed by atoms with E-state index in [0.717, 1.165) is 18.9 Å². The average Bonchev–Trinajstić information content (AvgIpc) is 2.51. The van der Waals surface area contributed by atoms with Crippen LogP contribution in [0.1, 0.15) is 40.5 Å². The Bertz CT molecular complexity index is 682. The van der Waals surface area contributed by atoms with E-state index in [-0.39, 0.29) is 28.6 Å². The summed E-state index contributed by atoms with van der Waals surface area (Å²) in [6.07, 6.45) is 2.05. The van der Waals surface area contributed by atoms with Crippen molar-refractivity contribution in [1.82, 2.24) is 10.6 Å². The number of halogens is 1. The lowest BCUT2D eigenvalue weighted by molar-refractivity contribution is 0.346. The summed E-state index contributed by atoms with van der Waals surface area (Å²) in [5.74, 6) is -0.378. The summed E-state index contributed by atoms with van der Waals surface area (Å²) in [5, 5.41) is 6.23. The number of hydrogen-bond acceptors (Lipinski definition) is 3. The first kappa shape index (κ1) is 21.4. The van der Waals surface area contributed by atoms with E-state index in [1.807, 2.05) is 0 Å². The van der Waals surface area contributed by atoms with Crippen LogP contribution in [0.5, 0.6) is 0 Å². The molecule has 1 aromatic carbocycles. The van der Waals surface area contributed by atoms with Crippen LogP contribution >= 0.6 is 0 Å². The normalized spacial score (nSPS) is 14.2. The monoisotopic (exact) mass is 371 g/mol. The van der Waals surface area contributed by atoms with Crippen LogP contribution < -0.4 is 10.6 Å². The van der Waals surface area contributed by atoms with Gasteiger partial charge in [0.2, 0.25) is 0 Å². The van der Waals surface area contributed by atoms with Gasteiger partial charge in [0.25, 0.3) is 0 Å². The minimum absolute atomic E-state index is 0.155. The van der Waals surface area contributed by atoms with Gasteiger partial charge < -0.3 is 10.6 Å². The van der Waals surface area contributed by atoms with Crippen molar-refractivity contribution in [3.63, 3.8) is 0 Å². The highest BCUT2D eigenvalue weighted by molar-refractivity contribution is 7.91. The first-order chi connectivity index (χ1) is 11.5. The topological polar surface area (TPSA) is 70.6 Å². The van der Waals surface area contributed by atoms with Gasteiger partial charge in [-0.25, -0.2) is 12.8 Å². The standard InChI is InChI=1S/C18H30FN3O2S/c1-14(10-11-18(2,3)4)22-17(20-5)21-12-13-25(23,24)16-9-7-6-8-15(16)19/h6-9,14H,10-13H2,1-5H3,(H2,20,21,22). The minimum atomic E-state index is -3.67. The van der Waals surface area contributed by atoms with Crippen molar-refractivity contribution in [3.05, 3.63) is 30.1 Å². The Morgan fingerprint density at radius 3 is 2.48 bits per heavy atom. The molecule has 0 saturated heterocycles. The molecule has 0 aliphatic rings. The number of nitrogens with one attached hydrogen (secondary N) is 2. The van der Waals surface area contributed by atoms with Crippen molar-refractivity contribution < 1.29 is 12.8 Å². The number of guanidine groups is 1. The lowest BCUT2D eigenvalue weighted by atomic mass is 9.89. The molecule has 5 nitrogen and oxygen atoms in total. The van der Waals surface area contributed by atoms with E-state index in [9.17, 15) is 12.8 Å². The maximum atomic E-state index is 13.7. The van der Waals surface area contributed by atoms with Crippen LogP contribution in [0.2, 0.25) is 0 Å². The zero-order valence-corrected chi connectivity index (χ0v) is 16.6. The Balaban J connectivity index is 2.52. The molecule has 1 unspecified atom stereocenters. The molecule has 25 heavy (non-hydrogen) atoms. The van der Waals surface area contributed by atoms with Crippen molar-refractivity contribution in [1.29, 1.82) is 0 Å². The third-order valence-corrected chi connectivity index (χ3v) is 5.51. The van der Waals surface area contributed by atoms with E-state index in [0.29, 0.717) is 5.96 Å². The summed E-state index contributed by atoms with van der Waals surface area (Å²) in [7, 11) is -2.04. The smallest absolute Gasteiger partial charge is 0.191 e. The molecule has 142 valence electrons. The largest absolute Gasteiger partial charge is 0.355 e.